The van der Waals surface area contributed by atoms with E-state index >= 15 is 0 Å². The molecule has 0 spiro atoms. The molecule has 6 nitrogen and oxygen atoms in total. The maximum atomic E-state index is 11.8. The predicted octanol–water partition coefficient (Wildman–Crippen LogP) is 4.00. The fraction of sp³-hybridized carbons (Fsp3) is 0.304. The molecular formula is C23H24N2O4. The van der Waals surface area contributed by atoms with Gasteiger partial charge in [0.05, 0.1) is 18.6 Å². The quantitative estimate of drug-likeness (QED) is 0.587. The normalized spacial score (nSPS) is 13.4. The van der Waals surface area contributed by atoms with E-state index in [2.05, 4.69) is 17.1 Å². The van der Waals surface area contributed by atoms with Crippen molar-refractivity contribution in [2.24, 2.45) is 0 Å². The van der Waals surface area contributed by atoms with Gasteiger partial charge in [-0.2, -0.15) is 0 Å². The molecule has 6 heteroatoms. The van der Waals surface area contributed by atoms with Crippen LogP contribution in [0, 0.1) is 0 Å². The van der Waals surface area contributed by atoms with Crippen molar-refractivity contribution in [3.05, 3.63) is 71.7 Å². The molecule has 1 heterocycles. The van der Waals surface area contributed by atoms with Gasteiger partial charge in [0.25, 0.3) is 0 Å². The fourth-order valence-electron chi connectivity index (χ4n) is 3.94. The molecule has 0 saturated carbocycles. The van der Waals surface area contributed by atoms with Crippen LogP contribution in [0.5, 0.6) is 5.75 Å². The fourth-order valence-corrected chi connectivity index (χ4v) is 3.94. The molecule has 2 aromatic carbocycles. The van der Waals surface area contributed by atoms with Crippen molar-refractivity contribution in [2.75, 3.05) is 20.3 Å². The zero-order valence-corrected chi connectivity index (χ0v) is 16.4. The zero-order chi connectivity index (χ0) is 20.2. The van der Waals surface area contributed by atoms with Gasteiger partial charge < -0.3 is 19.1 Å². The van der Waals surface area contributed by atoms with E-state index in [0.29, 0.717) is 24.7 Å². The number of benzene rings is 2. The number of carbonyl (C=O) groups is 1. The summed E-state index contributed by atoms with van der Waals surface area (Å²) in [5, 5.41) is 9.71. The number of aromatic carboxylic acids is 1. The Morgan fingerprint density at radius 2 is 1.90 bits per heavy atom. The molecule has 1 N–H and O–H groups in total. The van der Waals surface area contributed by atoms with E-state index in [1.807, 2.05) is 41.0 Å². The Balaban J connectivity index is 1.65. The smallest absolute Gasteiger partial charge is 0.356 e. The standard InChI is InChI=1S/C23H24N2O4/c1-28-10-5-11-29-20-9-4-8-18(14-20)22-21(23(26)27)24-15-25(22)19-12-16-6-2-3-7-17(16)13-19/h2-4,6-9,14-15,19H,5,10-13H2,1H3,(H,26,27). The summed E-state index contributed by atoms with van der Waals surface area (Å²) in [7, 11) is 1.66. The van der Waals surface area contributed by atoms with Crippen molar-refractivity contribution in [2.45, 2.75) is 25.3 Å². The van der Waals surface area contributed by atoms with Gasteiger partial charge in [0.1, 0.15) is 5.75 Å². The minimum Gasteiger partial charge on any atom is -0.493 e. The molecule has 4 rings (SSSR count). The van der Waals surface area contributed by atoms with Crippen LogP contribution in [0.2, 0.25) is 0 Å². The van der Waals surface area contributed by atoms with Crippen molar-refractivity contribution >= 4 is 5.97 Å². The summed E-state index contributed by atoms with van der Waals surface area (Å²) < 4.78 is 12.9. The van der Waals surface area contributed by atoms with Crippen LogP contribution >= 0.6 is 0 Å². The summed E-state index contributed by atoms with van der Waals surface area (Å²) in [6.45, 7) is 1.18. The van der Waals surface area contributed by atoms with Gasteiger partial charge >= 0.3 is 5.97 Å². The largest absolute Gasteiger partial charge is 0.493 e. The van der Waals surface area contributed by atoms with E-state index in [1.54, 1.807) is 13.4 Å². The van der Waals surface area contributed by atoms with Crippen molar-refractivity contribution in [3.63, 3.8) is 0 Å². The van der Waals surface area contributed by atoms with Gasteiger partial charge in [-0.3, -0.25) is 0 Å². The molecule has 0 unspecified atom stereocenters. The minimum absolute atomic E-state index is 0.0671. The third-order valence-electron chi connectivity index (χ3n) is 5.29. The third kappa shape index (κ3) is 4.03. The molecule has 3 aromatic rings. The summed E-state index contributed by atoms with van der Waals surface area (Å²) in [6.07, 6.45) is 4.18. The van der Waals surface area contributed by atoms with Gasteiger partial charge in [-0.05, 0) is 36.1 Å². The number of hydrogen-bond acceptors (Lipinski definition) is 4. The monoisotopic (exact) mass is 392 g/mol. The molecule has 0 saturated heterocycles. The summed E-state index contributed by atoms with van der Waals surface area (Å²) in [5.74, 6) is -0.321. The molecule has 0 fully saturated rings. The van der Waals surface area contributed by atoms with Crippen molar-refractivity contribution in [3.8, 4) is 17.0 Å². The van der Waals surface area contributed by atoms with Crippen LogP contribution in [0.1, 0.15) is 34.1 Å². The van der Waals surface area contributed by atoms with E-state index in [9.17, 15) is 9.90 Å². The number of imidazole rings is 1. The average Bonchev–Trinajstić information content (AvgIpc) is 3.35. The lowest BCUT2D eigenvalue weighted by molar-refractivity contribution is 0.0692. The van der Waals surface area contributed by atoms with Crippen LogP contribution < -0.4 is 4.74 Å². The highest BCUT2D eigenvalue weighted by atomic mass is 16.5. The Labute approximate surface area is 169 Å². The van der Waals surface area contributed by atoms with E-state index in [0.717, 1.165) is 24.8 Å². The minimum atomic E-state index is -1.03. The first-order chi connectivity index (χ1) is 14.2. The lowest BCUT2D eigenvalue weighted by atomic mass is 10.1. The Hall–Kier alpha value is -3.12. The number of nitrogens with zero attached hydrogens (tertiary/aromatic N) is 2. The number of hydrogen-bond donors (Lipinski definition) is 1. The maximum Gasteiger partial charge on any atom is 0.356 e. The molecule has 0 amide bonds. The van der Waals surface area contributed by atoms with Gasteiger partial charge in [-0.15, -0.1) is 0 Å². The van der Waals surface area contributed by atoms with E-state index in [4.69, 9.17) is 9.47 Å². The lowest BCUT2D eigenvalue weighted by Gasteiger charge is -2.17. The summed E-state index contributed by atoms with van der Waals surface area (Å²) in [5.41, 5.74) is 4.10. The van der Waals surface area contributed by atoms with Gasteiger partial charge in [-0.1, -0.05) is 36.4 Å². The number of ether oxygens (including phenoxy) is 2. The summed E-state index contributed by atoms with van der Waals surface area (Å²) in [4.78, 5) is 16.1. The Morgan fingerprint density at radius 1 is 1.14 bits per heavy atom. The first-order valence-corrected chi connectivity index (χ1v) is 9.76. The van der Waals surface area contributed by atoms with Crippen molar-refractivity contribution in [1.82, 2.24) is 9.55 Å². The molecule has 0 atom stereocenters. The number of carboxylic acids is 1. The molecule has 150 valence electrons. The first-order valence-electron chi connectivity index (χ1n) is 9.76. The highest BCUT2D eigenvalue weighted by Gasteiger charge is 2.28. The van der Waals surface area contributed by atoms with Crippen LogP contribution in [-0.4, -0.2) is 41.0 Å². The Morgan fingerprint density at radius 3 is 2.59 bits per heavy atom. The second kappa shape index (κ2) is 8.49. The van der Waals surface area contributed by atoms with Crippen LogP contribution in [0.4, 0.5) is 0 Å². The molecule has 29 heavy (non-hydrogen) atoms. The van der Waals surface area contributed by atoms with Crippen molar-refractivity contribution in [1.29, 1.82) is 0 Å². The van der Waals surface area contributed by atoms with Gasteiger partial charge in [0, 0.05) is 31.7 Å². The average molecular weight is 392 g/mol. The second-order valence-corrected chi connectivity index (χ2v) is 7.21. The van der Waals surface area contributed by atoms with Gasteiger partial charge in [0.2, 0.25) is 0 Å². The molecule has 0 radical (unpaired) electrons. The Kier molecular flexibility index (Phi) is 5.62. The number of carboxylic acid groups (broad SMARTS) is 1. The second-order valence-electron chi connectivity index (χ2n) is 7.21. The summed E-state index contributed by atoms with van der Waals surface area (Å²) >= 11 is 0. The molecule has 1 aliphatic rings. The maximum absolute atomic E-state index is 11.8. The molecule has 1 aromatic heterocycles. The highest BCUT2D eigenvalue weighted by molar-refractivity contribution is 5.93. The third-order valence-corrected chi connectivity index (χ3v) is 5.29. The van der Waals surface area contributed by atoms with E-state index in [-0.39, 0.29) is 11.7 Å². The van der Waals surface area contributed by atoms with Crippen LogP contribution in [0.15, 0.2) is 54.9 Å². The summed E-state index contributed by atoms with van der Waals surface area (Å²) in [6, 6.07) is 16.1. The topological polar surface area (TPSA) is 73.6 Å². The van der Waals surface area contributed by atoms with E-state index in [1.165, 1.54) is 11.1 Å². The Bertz CT molecular complexity index is 987. The number of aromatic nitrogens is 2. The molecule has 0 bridgehead atoms. The SMILES string of the molecule is COCCCOc1cccc(-c2c(C(=O)O)ncn2C2Cc3ccccc3C2)c1. The molecule has 0 aliphatic heterocycles. The first kappa shape index (κ1) is 19.2. The zero-order valence-electron chi connectivity index (χ0n) is 16.4. The van der Waals surface area contributed by atoms with Crippen LogP contribution in [-0.2, 0) is 17.6 Å². The van der Waals surface area contributed by atoms with Crippen molar-refractivity contribution < 1.29 is 19.4 Å². The van der Waals surface area contributed by atoms with Gasteiger partial charge in [0.15, 0.2) is 5.69 Å². The number of rotatable bonds is 8. The molecular weight excluding hydrogens is 368 g/mol. The number of methoxy groups -OCH3 is 1. The van der Waals surface area contributed by atoms with Crippen LogP contribution in [0.25, 0.3) is 11.3 Å². The van der Waals surface area contributed by atoms with E-state index < -0.39 is 5.97 Å². The van der Waals surface area contributed by atoms with Crippen LogP contribution in [0.3, 0.4) is 0 Å². The highest BCUT2D eigenvalue weighted by Crippen LogP contribution is 2.35. The predicted molar refractivity (Wildman–Crippen MR) is 109 cm³/mol. The van der Waals surface area contributed by atoms with Gasteiger partial charge in [-0.25, -0.2) is 9.78 Å². The molecule has 1 aliphatic carbocycles. The number of fused-ring (bicyclic) bond motifs is 1. The lowest BCUT2D eigenvalue weighted by Crippen LogP contribution is -2.11.